The molecule has 2 atom stereocenters. The minimum Gasteiger partial charge on any atom is -0.469 e. The fourth-order valence-corrected chi connectivity index (χ4v) is 4.71. The highest BCUT2D eigenvalue weighted by Crippen LogP contribution is 2.25. The number of guanidine groups is 1. The third-order valence-electron chi connectivity index (χ3n) is 5.32. The van der Waals surface area contributed by atoms with Crippen molar-refractivity contribution in [3.63, 3.8) is 0 Å². The minimum absolute atomic E-state index is 0.0667. The number of methoxy groups -OCH3 is 1. The number of thiophene rings is 1. The molecule has 0 aromatic carbocycles. The number of nitrogens with zero attached hydrogens (tertiary/aromatic N) is 3. The molecular formula is C19H30N4O2S. The lowest BCUT2D eigenvalue weighted by Crippen LogP contribution is -2.41. The van der Waals surface area contributed by atoms with Crippen LogP contribution in [0, 0.1) is 11.8 Å². The zero-order valence-corrected chi connectivity index (χ0v) is 16.8. The first kappa shape index (κ1) is 19.2. The maximum atomic E-state index is 11.9. The summed E-state index contributed by atoms with van der Waals surface area (Å²) < 4.78 is 4.94. The first-order chi connectivity index (χ1) is 12.6. The lowest BCUT2D eigenvalue weighted by atomic mass is 9.99. The number of carbonyl (C=O) groups excluding carboxylic acids is 1. The van der Waals surface area contributed by atoms with Gasteiger partial charge in [-0.1, -0.05) is 6.92 Å². The predicted molar refractivity (Wildman–Crippen MR) is 106 cm³/mol. The number of nitrogens with one attached hydrogen (secondary N) is 1. The second-order valence-corrected chi connectivity index (χ2v) is 8.14. The smallest absolute Gasteiger partial charge is 0.310 e. The molecule has 1 saturated heterocycles. The molecule has 7 heteroatoms. The Hall–Kier alpha value is -1.60. The van der Waals surface area contributed by atoms with E-state index in [1.54, 1.807) is 0 Å². The first-order valence-electron chi connectivity index (χ1n) is 9.51. The quantitative estimate of drug-likeness (QED) is 0.481. The molecule has 2 aliphatic heterocycles. The molecule has 26 heavy (non-hydrogen) atoms. The summed E-state index contributed by atoms with van der Waals surface area (Å²) in [5.74, 6) is 1.02. The van der Waals surface area contributed by atoms with Crippen LogP contribution < -0.4 is 5.32 Å². The SMILES string of the molecule is CCNC(=NCCN1CCc2sccc2C1)N1CC(C)C(C(=O)OC)C1. The van der Waals surface area contributed by atoms with Crippen molar-refractivity contribution in [2.45, 2.75) is 26.8 Å². The molecule has 1 N–H and O–H groups in total. The van der Waals surface area contributed by atoms with E-state index in [0.29, 0.717) is 6.54 Å². The Morgan fingerprint density at radius 1 is 1.46 bits per heavy atom. The van der Waals surface area contributed by atoms with Gasteiger partial charge in [0.25, 0.3) is 0 Å². The van der Waals surface area contributed by atoms with Crippen molar-refractivity contribution in [3.05, 3.63) is 21.9 Å². The molecule has 3 heterocycles. The van der Waals surface area contributed by atoms with Gasteiger partial charge in [-0.3, -0.25) is 14.7 Å². The number of likely N-dealkylation sites (tertiary alicyclic amines) is 1. The van der Waals surface area contributed by atoms with Crippen LogP contribution in [0.2, 0.25) is 0 Å². The van der Waals surface area contributed by atoms with Crippen molar-refractivity contribution in [3.8, 4) is 0 Å². The Balaban J connectivity index is 1.55. The summed E-state index contributed by atoms with van der Waals surface area (Å²) in [7, 11) is 1.47. The average molecular weight is 379 g/mol. The van der Waals surface area contributed by atoms with Crippen LogP contribution in [0.15, 0.2) is 16.4 Å². The van der Waals surface area contributed by atoms with Crippen LogP contribution in [0.4, 0.5) is 0 Å². The van der Waals surface area contributed by atoms with Gasteiger partial charge < -0.3 is 15.0 Å². The van der Waals surface area contributed by atoms with Gasteiger partial charge in [0.15, 0.2) is 5.96 Å². The van der Waals surface area contributed by atoms with Crippen LogP contribution in [-0.2, 0) is 22.5 Å². The number of fused-ring (bicyclic) bond motifs is 1. The van der Waals surface area contributed by atoms with Gasteiger partial charge in [0.2, 0.25) is 0 Å². The molecule has 0 radical (unpaired) electrons. The maximum absolute atomic E-state index is 11.9. The normalized spacial score (nSPS) is 23.8. The van der Waals surface area contributed by atoms with E-state index in [4.69, 9.17) is 9.73 Å². The van der Waals surface area contributed by atoms with E-state index < -0.39 is 0 Å². The summed E-state index contributed by atoms with van der Waals surface area (Å²) in [4.78, 5) is 23.0. The molecular weight excluding hydrogens is 348 g/mol. The van der Waals surface area contributed by atoms with E-state index in [2.05, 4.69) is 40.4 Å². The third-order valence-corrected chi connectivity index (χ3v) is 6.34. The molecule has 0 saturated carbocycles. The first-order valence-corrected chi connectivity index (χ1v) is 10.4. The summed E-state index contributed by atoms with van der Waals surface area (Å²) in [6.45, 7) is 10.4. The average Bonchev–Trinajstić information content (AvgIpc) is 3.26. The van der Waals surface area contributed by atoms with Crippen molar-refractivity contribution in [2.24, 2.45) is 16.8 Å². The van der Waals surface area contributed by atoms with Crippen LogP contribution in [0.5, 0.6) is 0 Å². The van der Waals surface area contributed by atoms with Gasteiger partial charge in [0.1, 0.15) is 0 Å². The van der Waals surface area contributed by atoms with E-state index >= 15 is 0 Å². The summed E-state index contributed by atoms with van der Waals surface area (Å²) in [5.41, 5.74) is 1.48. The van der Waals surface area contributed by atoms with Crippen molar-refractivity contribution in [2.75, 3.05) is 46.4 Å². The molecule has 1 aromatic rings. The Morgan fingerprint density at radius 2 is 2.31 bits per heavy atom. The molecule has 1 fully saturated rings. The minimum atomic E-state index is -0.115. The monoisotopic (exact) mass is 378 g/mol. The van der Waals surface area contributed by atoms with Crippen LogP contribution in [0.3, 0.4) is 0 Å². The summed E-state index contributed by atoms with van der Waals surface area (Å²) in [6, 6.07) is 2.25. The molecule has 0 spiro atoms. The highest BCUT2D eigenvalue weighted by Gasteiger charge is 2.36. The molecule has 2 aliphatic rings. The van der Waals surface area contributed by atoms with Crippen molar-refractivity contribution in [1.29, 1.82) is 0 Å². The Kier molecular flexibility index (Phi) is 6.53. The lowest BCUT2D eigenvalue weighted by Gasteiger charge is -2.26. The van der Waals surface area contributed by atoms with Gasteiger partial charge in [0.05, 0.1) is 19.6 Å². The van der Waals surface area contributed by atoms with Crippen molar-refractivity contribution >= 4 is 23.3 Å². The largest absolute Gasteiger partial charge is 0.469 e. The van der Waals surface area contributed by atoms with E-state index in [9.17, 15) is 4.79 Å². The fourth-order valence-electron chi connectivity index (χ4n) is 3.82. The molecule has 0 amide bonds. The number of aliphatic imine (C=N–C) groups is 1. The molecule has 0 bridgehead atoms. The summed E-state index contributed by atoms with van der Waals surface area (Å²) >= 11 is 1.88. The van der Waals surface area contributed by atoms with Crippen LogP contribution in [0.25, 0.3) is 0 Å². The van der Waals surface area contributed by atoms with Crippen LogP contribution in [-0.4, -0.2) is 68.1 Å². The van der Waals surface area contributed by atoms with Crippen molar-refractivity contribution < 1.29 is 9.53 Å². The van der Waals surface area contributed by atoms with Crippen LogP contribution >= 0.6 is 11.3 Å². The molecule has 144 valence electrons. The van der Waals surface area contributed by atoms with Gasteiger partial charge >= 0.3 is 5.97 Å². The number of carbonyl (C=O) groups is 1. The number of esters is 1. The number of rotatable bonds is 5. The predicted octanol–water partition coefficient (Wildman–Crippen LogP) is 1.81. The lowest BCUT2D eigenvalue weighted by molar-refractivity contribution is -0.145. The zero-order valence-electron chi connectivity index (χ0n) is 16.0. The molecule has 2 unspecified atom stereocenters. The molecule has 6 nitrogen and oxygen atoms in total. The highest BCUT2D eigenvalue weighted by molar-refractivity contribution is 7.10. The Bertz CT molecular complexity index is 645. The second-order valence-electron chi connectivity index (χ2n) is 7.14. The highest BCUT2D eigenvalue weighted by atomic mass is 32.1. The molecule has 1 aromatic heterocycles. The summed E-state index contributed by atoms with van der Waals surface area (Å²) in [5, 5.41) is 5.58. The topological polar surface area (TPSA) is 57.2 Å². The van der Waals surface area contributed by atoms with Gasteiger partial charge in [-0.25, -0.2) is 0 Å². The fraction of sp³-hybridized carbons (Fsp3) is 0.684. The van der Waals surface area contributed by atoms with E-state index in [-0.39, 0.29) is 17.8 Å². The van der Waals surface area contributed by atoms with E-state index in [1.807, 2.05) is 11.3 Å². The standard InChI is InChI=1S/C19H30N4O2S/c1-4-20-19(23-11-14(2)16(13-23)18(24)25-3)21-7-9-22-8-5-17-15(12-22)6-10-26-17/h6,10,14,16H,4-5,7-9,11-13H2,1-3H3,(H,20,21). The van der Waals surface area contributed by atoms with Gasteiger partial charge in [-0.15, -0.1) is 11.3 Å². The van der Waals surface area contributed by atoms with E-state index in [0.717, 1.165) is 51.6 Å². The van der Waals surface area contributed by atoms with Gasteiger partial charge in [-0.05, 0) is 36.3 Å². The van der Waals surface area contributed by atoms with Gasteiger partial charge in [0, 0.05) is 44.1 Å². The Morgan fingerprint density at radius 3 is 3.08 bits per heavy atom. The maximum Gasteiger partial charge on any atom is 0.310 e. The third kappa shape index (κ3) is 4.38. The zero-order chi connectivity index (χ0) is 18.5. The number of hydrogen-bond donors (Lipinski definition) is 1. The molecule has 3 rings (SSSR count). The number of hydrogen-bond acceptors (Lipinski definition) is 5. The van der Waals surface area contributed by atoms with E-state index in [1.165, 1.54) is 17.6 Å². The molecule has 0 aliphatic carbocycles. The number of ether oxygens (including phenoxy) is 1. The second kappa shape index (κ2) is 8.86. The van der Waals surface area contributed by atoms with Crippen molar-refractivity contribution in [1.82, 2.24) is 15.1 Å². The Labute approximate surface area is 160 Å². The summed E-state index contributed by atoms with van der Waals surface area (Å²) in [6.07, 6.45) is 1.15. The van der Waals surface area contributed by atoms with Gasteiger partial charge in [-0.2, -0.15) is 0 Å². The van der Waals surface area contributed by atoms with Crippen LogP contribution in [0.1, 0.15) is 24.3 Å².